The Morgan fingerprint density at radius 3 is 2.10 bits per heavy atom. The van der Waals surface area contributed by atoms with Crippen molar-refractivity contribution in [1.82, 2.24) is 10.6 Å². The molecule has 5 heteroatoms. The molecule has 1 aromatic rings. The minimum atomic E-state index is -1.06. The molecule has 0 spiro atoms. The summed E-state index contributed by atoms with van der Waals surface area (Å²) >= 11 is 5.82. The zero-order valence-corrected chi connectivity index (χ0v) is 13.6. The number of halogens is 1. The second-order valence-electron chi connectivity index (χ2n) is 5.51. The van der Waals surface area contributed by atoms with Gasteiger partial charge in [0.1, 0.15) is 5.41 Å². The maximum atomic E-state index is 12.1. The molecule has 1 rings (SSSR count). The number of benzene rings is 1. The molecule has 0 aliphatic heterocycles. The average Bonchev–Trinajstić information content (AvgIpc) is 2.46. The largest absolute Gasteiger partial charge is 0.355 e. The summed E-state index contributed by atoms with van der Waals surface area (Å²) in [5.41, 5.74) is 0.0303. The number of rotatable bonds is 7. The van der Waals surface area contributed by atoms with Gasteiger partial charge in [0.05, 0.1) is 0 Å². The smallest absolute Gasteiger partial charge is 0.235 e. The monoisotopic (exact) mass is 310 g/mol. The van der Waals surface area contributed by atoms with E-state index in [2.05, 4.69) is 10.6 Å². The van der Waals surface area contributed by atoms with Crippen molar-refractivity contribution in [3.05, 3.63) is 34.9 Å². The fourth-order valence-electron chi connectivity index (χ4n) is 1.76. The number of carbonyl (C=O) groups is 2. The molecule has 0 aliphatic carbocycles. The van der Waals surface area contributed by atoms with Gasteiger partial charge in [-0.25, -0.2) is 0 Å². The summed E-state index contributed by atoms with van der Waals surface area (Å²) in [5, 5.41) is 6.26. The van der Waals surface area contributed by atoms with Gasteiger partial charge in [0.25, 0.3) is 0 Å². The molecular formula is C16H23ClN2O2. The standard InChI is InChI=1S/C16H23ClN2O2/c1-4-10-18-14(20)16(2,3)15(21)19-11-9-12-5-7-13(17)8-6-12/h5-8H,4,9-11H2,1-3H3,(H,18,20)(H,19,21). The maximum absolute atomic E-state index is 12.1. The molecule has 0 saturated carbocycles. The minimum Gasteiger partial charge on any atom is -0.355 e. The van der Waals surface area contributed by atoms with Crippen LogP contribution >= 0.6 is 11.6 Å². The molecule has 0 bridgehead atoms. The van der Waals surface area contributed by atoms with Gasteiger partial charge in [0.2, 0.25) is 11.8 Å². The molecule has 0 atom stereocenters. The van der Waals surface area contributed by atoms with E-state index in [0.717, 1.165) is 12.0 Å². The molecular weight excluding hydrogens is 288 g/mol. The molecule has 0 aliphatic rings. The molecule has 21 heavy (non-hydrogen) atoms. The van der Waals surface area contributed by atoms with Crippen LogP contribution < -0.4 is 10.6 Å². The Hall–Kier alpha value is -1.55. The molecule has 1 aromatic carbocycles. The van der Waals surface area contributed by atoms with Crippen LogP contribution in [0.3, 0.4) is 0 Å². The molecule has 0 fully saturated rings. The number of amides is 2. The van der Waals surface area contributed by atoms with Crippen LogP contribution in [0, 0.1) is 5.41 Å². The van der Waals surface area contributed by atoms with Crippen LogP contribution in [0.25, 0.3) is 0 Å². The van der Waals surface area contributed by atoms with Crippen LogP contribution in [0.4, 0.5) is 0 Å². The van der Waals surface area contributed by atoms with Gasteiger partial charge in [-0.15, -0.1) is 0 Å². The Morgan fingerprint density at radius 1 is 1.05 bits per heavy atom. The molecule has 2 amide bonds. The van der Waals surface area contributed by atoms with Gasteiger partial charge >= 0.3 is 0 Å². The molecule has 2 N–H and O–H groups in total. The van der Waals surface area contributed by atoms with E-state index in [1.807, 2.05) is 31.2 Å². The first-order chi connectivity index (χ1) is 9.87. The number of hydrogen-bond donors (Lipinski definition) is 2. The third-order valence-electron chi connectivity index (χ3n) is 3.28. The van der Waals surface area contributed by atoms with E-state index in [-0.39, 0.29) is 11.8 Å². The highest BCUT2D eigenvalue weighted by Crippen LogP contribution is 2.15. The highest BCUT2D eigenvalue weighted by atomic mass is 35.5. The molecule has 0 aromatic heterocycles. The fraction of sp³-hybridized carbons (Fsp3) is 0.500. The van der Waals surface area contributed by atoms with E-state index < -0.39 is 5.41 Å². The first-order valence-corrected chi connectivity index (χ1v) is 7.56. The summed E-state index contributed by atoms with van der Waals surface area (Å²) < 4.78 is 0. The van der Waals surface area contributed by atoms with Crippen molar-refractivity contribution >= 4 is 23.4 Å². The number of carbonyl (C=O) groups excluding carboxylic acids is 2. The normalized spacial score (nSPS) is 11.0. The number of hydrogen-bond acceptors (Lipinski definition) is 2. The van der Waals surface area contributed by atoms with Crippen molar-refractivity contribution in [2.45, 2.75) is 33.6 Å². The van der Waals surface area contributed by atoms with Crippen molar-refractivity contribution in [2.75, 3.05) is 13.1 Å². The van der Waals surface area contributed by atoms with Crippen molar-refractivity contribution in [1.29, 1.82) is 0 Å². The predicted octanol–water partition coefficient (Wildman–Crippen LogP) is 2.55. The van der Waals surface area contributed by atoms with Crippen molar-refractivity contribution in [2.24, 2.45) is 5.41 Å². The van der Waals surface area contributed by atoms with Crippen molar-refractivity contribution in [3.63, 3.8) is 0 Å². The Balaban J connectivity index is 2.45. The Labute approximate surface area is 131 Å². The molecule has 0 saturated heterocycles. The lowest BCUT2D eigenvalue weighted by Gasteiger charge is -2.22. The van der Waals surface area contributed by atoms with E-state index >= 15 is 0 Å². The summed E-state index contributed by atoms with van der Waals surface area (Å²) in [5.74, 6) is -0.501. The highest BCUT2D eigenvalue weighted by Gasteiger charge is 2.35. The average molecular weight is 311 g/mol. The van der Waals surface area contributed by atoms with Gasteiger partial charge in [-0.05, 0) is 44.4 Å². The van der Waals surface area contributed by atoms with E-state index in [1.54, 1.807) is 13.8 Å². The quantitative estimate of drug-likeness (QED) is 0.760. The topological polar surface area (TPSA) is 58.2 Å². The van der Waals surface area contributed by atoms with E-state index in [4.69, 9.17) is 11.6 Å². The van der Waals surface area contributed by atoms with Crippen molar-refractivity contribution < 1.29 is 9.59 Å². The molecule has 0 heterocycles. The summed E-state index contributed by atoms with van der Waals surface area (Å²) in [4.78, 5) is 24.1. The predicted molar refractivity (Wildman–Crippen MR) is 85.2 cm³/mol. The van der Waals surface area contributed by atoms with Gasteiger partial charge < -0.3 is 10.6 Å². The molecule has 116 valence electrons. The van der Waals surface area contributed by atoms with Crippen LogP contribution in [0.1, 0.15) is 32.8 Å². The van der Waals surface area contributed by atoms with Crippen LogP contribution in [-0.2, 0) is 16.0 Å². The van der Waals surface area contributed by atoms with E-state index in [0.29, 0.717) is 24.5 Å². The van der Waals surface area contributed by atoms with Crippen LogP contribution in [-0.4, -0.2) is 24.9 Å². The molecule has 0 radical (unpaired) electrons. The minimum absolute atomic E-state index is 0.242. The lowest BCUT2D eigenvalue weighted by atomic mass is 9.91. The van der Waals surface area contributed by atoms with Gasteiger partial charge in [-0.2, -0.15) is 0 Å². The first-order valence-electron chi connectivity index (χ1n) is 7.19. The van der Waals surface area contributed by atoms with Gasteiger partial charge in [-0.3, -0.25) is 9.59 Å². The van der Waals surface area contributed by atoms with Crippen LogP contribution in [0.2, 0.25) is 5.02 Å². The summed E-state index contributed by atoms with van der Waals surface area (Å²) in [6.07, 6.45) is 1.55. The fourth-order valence-corrected chi connectivity index (χ4v) is 1.88. The SMILES string of the molecule is CCCNC(=O)C(C)(C)C(=O)NCCc1ccc(Cl)cc1. The lowest BCUT2D eigenvalue weighted by molar-refractivity contribution is -0.141. The Bertz CT molecular complexity index is 484. The Morgan fingerprint density at radius 2 is 1.57 bits per heavy atom. The second kappa shape index (κ2) is 8.03. The van der Waals surface area contributed by atoms with Gasteiger partial charge in [0.15, 0.2) is 0 Å². The second-order valence-corrected chi connectivity index (χ2v) is 5.95. The van der Waals surface area contributed by atoms with Crippen LogP contribution in [0.15, 0.2) is 24.3 Å². The maximum Gasteiger partial charge on any atom is 0.235 e. The van der Waals surface area contributed by atoms with Crippen LogP contribution in [0.5, 0.6) is 0 Å². The first kappa shape index (κ1) is 17.5. The zero-order valence-electron chi connectivity index (χ0n) is 12.8. The Kier molecular flexibility index (Phi) is 6.69. The summed E-state index contributed by atoms with van der Waals surface area (Å²) in [6, 6.07) is 7.49. The van der Waals surface area contributed by atoms with Gasteiger partial charge in [-0.1, -0.05) is 30.7 Å². The van der Waals surface area contributed by atoms with E-state index in [9.17, 15) is 9.59 Å². The third-order valence-corrected chi connectivity index (χ3v) is 3.54. The number of nitrogens with one attached hydrogen (secondary N) is 2. The van der Waals surface area contributed by atoms with Gasteiger partial charge in [0, 0.05) is 18.1 Å². The van der Waals surface area contributed by atoms with Crippen molar-refractivity contribution in [3.8, 4) is 0 Å². The molecule has 0 unspecified atom stereocenters. The summed E-state index contributed by atoms with van der Waals surface area (Å²) in [7, 11) is 0. The third kappa shape index (κ3) is 5.38. The van der Waals surface area contributed by atoms with E-state index in [1.165, 1.54) is 0 Å². The highest BCUT2D eigenvalue weighted by molar-refractivity contribution is 6.30. The molecule has 4 nitrogen and oxygen atoms in total. The lowest BCUT2D eigenvalue weighted by Crippen LogP contribution is -2.48. The zero-order chi connectivity index (χ0) is 15.9. The summed E-state index contributed by atoms with van der Waals surface area (Å²) in [6.45, 7) is 6.32.